The van der Waals surface area contributed by atoms with E-state index < -0.39 is 0 Å². The van der Waals surface area contributed by atoms with Crippen LogP contribution in [0.2, 0.25) is 0 Å². The summed E-state index contributed by atoms with van der Waals surface area (Å²) < 4.78 is 0. The molecule has 0 bridgehead atoms. The summed E-state index contributed by atoms with van der Waals surface area (Å²) in [7, 11) is 0. The van der Waals surface area contributed by atoms with Crippen molar-refractivity contribution >= 4 is 21.5 Å². The number of aryl methyl sites for hydroxylation is 3. The maximum atomic E-state index is 7.32. The van der Waals surface area contributed by atoms with Gasteiger partial charge in [0.05, 0.1) is 41.8 Å². The molecule has 143 heavy (non-hydrogen) atoms. The first-order chi connectivity index (χ1) is 69.8. The van der Waals surface area contributed by atoms with E-state index in [1.807, 2.05) is 154 Å². The van der Waals surface area contributed by atoms with Crippen molar-refractivity contribution in [3.63, 3.8) is 0 Å². The van der Waals surface area contributed by atoms with Crippen LogP contribution in [0.5, 0.6) is 0 Å². The van der Waals surface area contributed by atoms with Gasteiger partial charge in [0.25, 0.3) is 0 Å². The monoisotopic (exact) mass is 1870 g/mol. The highest BCUT2D eigenvalue weighted by molar-refractivity contribution is 5.96. The third kappa shape index (κ3) is 40.7. The van der Waals surface area contributed by atoms with E-state index in [0.717, 1.165) is 0 Å². The number of nitriles is 6. The summed E-state index contributed by atoms with van der Waals surface area (Å²) in [5.74, 6) is 0. The molecule has 21 rings (SSSR count). The van der Waals surface area contributed by atoms with Gasteiger partial charge < -0.3 is 0 Å². The fourth-order valence-corrected chi connectivity index (χ4v) is 14.9. The highest BCUT2D eigenvalue weighted by atomic mass is 14.5. The Kier molecular flexibility index (Phi) is 64.4. The Bertz CT molecular complexity index is 6350. The zero-order valence-electron chi connectivity index (χ0n) is 86.6. The molecule has 0 saturated carbocycles. The summed E-state index contributed by atoms with van der Waals surface area (Å²) >= 11 is 0. The molecule has 6 nitrogen and oxygen atoms in total. The Balaban J connectivity index is 0.000000565. The highest BCUT2D eigenvalue weighted by Crippen LogP contribution is 2.63. The maximum absolute atomic E-state index is 7.32. The van der Waals surface area contributed by atoms with E-state index in [1.165, 1.54) is 191 Å². The van der Waals surface area contributed by atoms with Gasteiger partial charge >= 0.3 is 0 Å². The molecule has 19 aromatic rings. The summed E-state index contributed by atoms with van der Waals surface area (Å²) in [6.07, 6.45) is 0. The van der Waals surface area contributed by atoms with Gasteiger partial charge in [0.1, 0.15) is 0 Å². The fraction of sp³-hybridized carbons (Fsp3) is 0.153. The first kappa shape index (κ1) is 122. The van der Waals surface area contributed by atoms with E-state index in [1.54, 1.807) is 36.4 Å². The number of benzene rings is 19. The van der Waals surface area contributed by atoms with Crippen LogP contribution in [-0.2, 0) is 5.41 Å². The Morgan fingerprint density at radius 1 is 0.147 bits per heavy atom. The quantitative estimate of drug-likeness (QED) is 0.162. The number of rotatable bonds is 6. The van der Waals surface area contributed by atoms with E-state index in [4.69, 9.17) is 31.6 Å². The SMILES string of the molecule is C.CC.CC.CC.CC.CC.CC#N.CC#N.CC#N.CC#N.CC#N.CC#N.Cc1ccc(-c2ccccc2)cc1.Cc1ccc2c(c1)C1(c3ccccc3-c3ccccc31)c1cc(-c3ccc(-c4ccccc4)cc3)ccc1-2.Cc1ccccc1.c1ccc(-c2ccc(-c3ccccc3)cc2)cc1.c1ccc(-c2ccccc2)cc1.c1ccc2ccccc2c1.c1ccc2ccccc2c1.c1ccccc1. The van der Waals surface area contributed by atoms with Crippen LogP contribution in [0, 0.1) is 88.8 Å². The van der Waals surface area contributed by atoms with Gasteiger partial charge in [0.2, 0.25) is 0 Å². The average molecular weight is 1870 g/mol. The Morgan fingerprint density at radius 3 is 0.524 bits per heavy atom. The van der Waals surface area contributed by atoms with Crippen molar-refractivity contribution in [1.82, 2.24) is 0 Å². The van der Waals surface area contributed by atoms with E-state index in [0.29, 0.717) is 0 Å². The standard InChI is InChI=1S/C38H26.C18H14.C13H12.C12H10.2C10H8.C7H8.C6H6.6C2H3N.5C2H6.CH4/c1-25-15-21-32-33-22-20-29(28-18-16-27(17-19-28)26-9-3-2-4-10-26)24-37(33)38(36(32)23-25)34-13-7-5-11-30(34)31-12-6-8-14-35(31)38;1-3-7-15(8-4-1)17-11-13-18(14-12-17)16-9-5-2-6-10-16;1-11-7-9-13(10-8-11)12-5-3-2-4-6-12;1-3-7-11(8-4-1)12-9-5-2-6-10-12;2*1-2-6-10-8-4-3-7-9(10)5-1;1-7-5-3-2-4-6-7;1-2-4-6-5-3-1;6*1-2-3;5*1-2;/h2-24H,1H3;1-14H;2-10H,1H3;1-10H;2*1-8H;2-6H,1H3;1-6H;6*1H3;5*1-2H3;1H4. The molecule has 0 radical (unpaired) electrons. The topological polar surface area (TPSA) is 143 Å². The molecule has 0 aromatic heterocycles. The van der Waals surface area contributed by atoms with Crippen LogP contribution in [0.25, 0.3) is 111 Å². The molecule has 722 valence electrons. The van der Waals surface area contributed by atoms with E-state index in [9.17, 15) is 0 Å². The molecule has 6 heteroatoms. The summed E-state index contributed by atoms with van der Waals surface area (Å²) in [5, 5.41) is 49.2. The van der Waals surface area contributed by atoms with Gasteiger partial charge in [-0.05, 0) is 160 Å². The molecule has 0 atom stereocenters. The van der Waals surface area contributed by atoms with Crippen molar-refractivity contribution < 1.29 is 0 Å². The third-order valence-electron chi connectivity index (χ3n) is 20.6. The average Bonchev–Trinajstić information content (AvgIpc) is 1.51. The molecule has 0 amide bonds. The van der Waals surface area contributed by atoms with Crippen LogP contribution >= 0.6 is 0 Å². The van der Waals surface area contributed by atoms with Crippen LogP contribution in [0.1, 0.15) is 157 Å². The van der Waals surface area contributed by atoms with E-state index >= 15 is 0 Å². The van der Waals surface area contributed by atoms with Gasteiger partial charge in [-0.15, -0.1) is 0 Å². The minimum Gasteiger partial charge on any atom is -0.199 e. The molecular formula is C137H144N6. The Morgan fingerprint density at radius 2 is 0.294 bits per heavy atom. The van der Waals surface area contributed by atoms with Crippen molar-refractivity contribution in [2.24, 2.45) is 0 Å². The minimum absolute atomic E-state index is 0. The number of hydrogen-bond donors (Lipinski definition) is 0. The second kappa shape index (κ2) is 75.7. The zero-order valence-corrected chi connectivity index (χ0v) is 86.6. The lowest BCUT2D eigenvalue weighted by atomic mass is 9.70. The first-order valence-corrected chi connectivity index (χ1v) is 48.6. The van der Waals surface area contributed by atoms with Gasteiger partial charge in [-0.1, -0.05) is 591 Å². The normalized spacial score (nSPS) is 9.32. The largest absolute Gasteiger partial charge is 0.199 e. The summed E-state index contributed by atoms with van der Waals surface area (Å²) in [6, 6.07) is 187. The van der Waals surface area contributed by atoms with Gasteiger partial charge in [-0.2, -0.15) is 31.6 Å². The predicted octanol–water partition coefficient (Wildman–Crippen LogP) is 40.0. The molecule has 0 fully saturated rings. The number of fused-ring (bicyclic) bond motifs is 12. The van der Waals surface area contributed by atoms with Gasteiger partial charge in [-0.25, -0.2) is 0 Å². The van der Waals surface area contributed by atoms with Gasteiger partial charge in [0.15, 0.2) is 0 Å². The molecule has 0 heterocycles. The lowest BCUT2D eigenvalue weighted by Crippen LogP contribution is -2.26. The molecule has 0 saturated heterocycles. The molecule has 0 unspecified atom stereocenters. The second-order valence-corrected chi connectivity index (χ2v) is 29.7. The molecular weight excluding hydrogens is 1730 g/mol. The van der Waals surface area contributed by atoms with E-state index in [2.05, 4.69) is 439 Å². The van der Waals surface area contributed by atoms with Crippen molar-refractivity contribution in [2.45, 2.75) is 144 Å². The lowest BCUT2D eigenvalue weighted by molar-refractivity contribution is 0.793. The molecule has 19 aromatic carbocycles. The zero-order chi connectivity index (χ0) is 104. The molecule has 0 aliphatic heterocycles. The van der Waals surface area contributed by atoms with E-state index in [-0.39, 0.29) is 12.8 Å². The number of hydrogen-bond acceptors (Lipinski definition) is 6. The summed E-state index contributed by atoms with van der Waals surface area (Å²) in [6.45, 7) is 35.0. The van der Waals surface area contributed by atoms with Crippen LogP contribution < -0.4 is 0 Å². The predicted molar refractivity (Wildman–Crippen MR) is 621 cm³/mol. The van der Waals surface area contributed by atoms with Gasteiger partial charge in [0, 0.05) is 41.5 Å². The molecule has 0 N–H and O–H groups in total. The summed E-state index contributed by atoms with van der Waals surface area (Å²) in [5.41, 5.74) is 29.7. The maximum Gasteiger partial charge on any atom is 0.0725 e. The fourth-order valence-electron chi connectivity index (χ4n) is 14.9. The van der Waals surface area contributed by atoms with Crippen molar-refractivity contribution in [1.29, 1.82) is 31.6 Å². The Hall–Kier alpha value is -17.4. The third-order valence-corrected chi connectivity index (χ3v) is 20.6. The first-order valence-electron chi connectivity index (χ1n) is 48.6. The van der Waals surface area contributed by atoms with Crippen molar-refractivity contribution in [3.8, 4) is 125 Å². The number of nitrogens with zero attached hydrogens (tertiary/aromatic N) is 6. The van der Waals surface area contributed by atoms with Crippen LogP contribution in [0.3, 0.4) is 0 Å². The van der Waals surface area contributed by atoms with Crippen LogP contribution in [-0.4, -0.2) is 0 Å². The molecule has 2 aliphatic rings. The van der Waals surface area contributed by atoms with Gasteiger partial charge in [-0.3, -0.25) is 0 Å². The van der Waals surface area contributed by atoms with Crippen LogP contribution in [0.4, 0.5) is 0 Å². The lowest BCUT2D eigenvalue weighted by Gasteiger charge is -2.31. The summed E-state index contributed by atoms with van der Waals surface area (Å²) in [4.78, 5) is 0. The molecule has 2 aliphatic carbocycles. The van der Waals surface area contributed by atoms with Crippen molar-refractivity contribution in [2.75, 3.05) is 0 Å². The van der Waals surface area contributed by atoms with Crippen LogP contribution in [0.15, 0.2) is 504 Å². The Labute approximate surface area is 859 Å². The molecule has 1 spiro atoms. The second-order valence-electron chi connectivity index (χ2n) is 29.7. The smallest absolute Gasteiger partial charge is 0.0725 e. The minimum atomic E-state index is -0.302. The highest BCUT2D eigenvalue weighted by Gasteiger charge is 2.51. The van der Waals surface area contributed by atoms with Crippen molar-refractivity contribution in [3.05, 3.63) is 542 Å².